The van der Waals surface area contributed by atoms with Gasteiger partial charge in [-0.05, 0) is 74.3 Å². The van der Waals surface area contributed by atoms with Gasteiger partial charge in [-0.25, -0.2) is 0 Å². The van der Waals surface area contributed by atoms with Gasteiger partial charge in [0.2, 0.25) is 0 Å². The van der Waals surface area contributed by atoms with E-state index in [9.17, 15) is 9.59 Å². The molecule has 0 aliphatic carbocycles. The second-order valence-corrected chi connectivity index (χ2v) is 10.6. The monoisotopic (exact) mass is 620 g/mol. The molecule has 0 radical (unpaired) electrons. The summed E-state index contributed by atoms with van der Waals surface area (Å²) >= 11 is 2.32. The zero-order chi connectivity index (χ0) is 28.1. The summed E-state index contributed by atoms with van der Waals surface area (Å²) in [7, 11) is -1.46. The van der Waals surface area contributed by atoms with Crippen molar-refractivity contribution in [2.45, 2.75) is 39.5 Å². The van der Waals surface area contributed by atoms with Crippen LogP contribution in [0.1, 0.15) is 71.4 Å². The lowest BCUT2D eigenvalue weighted by Crippen LogP contribution is -2.29. The van der Waals surface area contributed by atoms with Gasteiger partial charge < -0.3 is 10.0 Å². The van der Waals surface area contributed by atoms with E-state index in [2.05, 4.69) is 98.8 Å². The van der Waals surface area contributed by atoms with E-state index >= 15 is 0 Å². The summed E-state index contributed by atoms with van der Waals surface area (Å²) in [5.41, 5.74) is 6.72. The molecule has 0 bridgehead atoms. The minimum atomic E-state index is -1.46. The molecule has 6 heteroatoms. The molecule has 0 heterocycles. The molecule has 4 rings (SSSR count). The lowest BCUT2D eigenvalue weighted by Gasteiger charge is -2.07. The smallest absolute Gasteiger partial charge is 0.423 e. The van der Waals surface area contributed by atoms with Crippen LogP contribution in [0.25, 0.3) is 11.1 Å². The first-order chi connectivity index (χ1) is 18.1. The van der Waals surface area contributed by atoms with Gasteiger partial charge in [-0.3, -0.25) is 9.59 Å². The lowest BCUT2D eigenvalue weighted by atomic mass is 9.80. The number of rotatable bonds is 6. The molecule has 0 fully saturated rings. The fraction of sp³-hybridized carbons (Fsp3) is 0.188. The number of benzene rings is 4. The molecule has 4 aromatic carbocycles. The van der Waals surface area contributed by atoms with Gasteiger partial charge in [0.05, 0.1) is 0 Å². The van der Waals surface area contributed by atoms with Gasteiger partial charge in [0.15, 0.2) is 0 Å². The van der Waals surface area contributed by atoms with Crippen LogP contribution in [0.15, 0.2) is 97.1 Å². The summed E-state index contributed by atoms with van der Waals surface area (Å²) in [5, 5.41) is 17.3. The van der Waals surface area contributed by atoms with Crippen molar-refractivity contribution in [3.05, 3.63) is 123 Å². The molecule has 0 atom stereocenters. The van der Waals surface area contributed by atoms with Gasteiger partial charge in [-0.15, -0.1) is 0 Å². The number of carbonyl (C=O) groups excluding carboxylic acids is 2. The summed E-state index contributed by atoms with van der Waals surface area (Å²) in [5.74, 6) is 1.21. The molecular formula is C32H34BIO4. The predicted molar refractivity (Wildman–Crippen MR) is 166 cm³/mol. The van der Waals surface area contributed by atoms with E-state index in [1.54, 1.807) is 0 Å². The Morgan fingerprint density at radius 3 is 1.26 bits per heavy atom. The first kappa shape index (κ1) is 31.2. The van der Waals surface area contributed by atoms with Crippen molar-refractivity contribution >= 4 is 47.7 Å². The van der Waals surface area contributed by atoms with E-state index in [1.165, 1.54) is 44.5 Å². The van der Waals surface area contributed by atoms with Crippen LogP contribution in [0.5, 0.6) is 0 Å². The maximum absolute atomic E-state index is 10.6. The van der Waals surface area contributed by atoms with Crippen LogP contribution in [0, 0.1) is 3.57 Å². The van der Waals surface area contributed by atoms with Crippen molar-refractivity contribution < 1.29 is 19.6 Å². The third-order valence-electron chi connectivity index (χ3n) is 5.86. The van der Waals surface area contributed by atoms with E-state index in [0.29, 0.717) is 34.7 Å². The largest absolute Gasteiger partial charge is 0.488 e. The van der Waals surface area contributed by atoms with Crippen molar-refractivity contribution in [1.29, 1.82) is 0 Å². The number of hydrogen-bond donors (Lipinski definition) is 2. The zero-order valence-corrected chi connectivity index (χ0v) is 24.4. The number of halogens is 1. The minimum Gasteiger partial charge on any atom is -0.423 e. The molecule has 196 valence electrons. The highest BCUT2D eigenvalue weighted by atomic mass is 127. The first-order valence-corrected chi connectivity index (χ1v) is 13.5. The van der Waals surface area contributed by atoms with Crippen LogP contribution in [-0.2, 0) is 0 Å². The first-order valence-electron chi connectivity index (χ1n) is 12.5. The average Bonchev–Trinajstić information content (AvgIpc) is 2.94. The van der Waals surface area contributed by atoms with Gasteiger partial charge in [-0.1, -0.05) is 113 Å². The van der Waals surface area contributed by atoms with Crippen LogP contribution in [0.4, 0.5) is 0 Å². The molecule has 0 aliphatic rings. The van der Waals surface area contributed by atoms with Crippen LogP contribution < -0.4 is 5.46 Å². The van der Waals surface area contributed by atoms with Crippen molar-refractivity contribution in [3.63, 3.8) is 0 Å². The molecule has 0 amide bonds. The quantitative estimate of drug-likeness (QED) is 0.140. The molecule has 0 saturated carbocycles. The summed E-state index contributed by atoms with van der Waals surface area (Å²) in [6, 6.07) is 31.0. The molecule has 0 unspecified atom stereocenters. The Morgan fingerprint density at radius 2 is 0.921 bits per heavy atom. The number of carbonyl (C=O) groups is 2. The van der Waals surface area contributed by atoms with Crippen molar-refractivity contribution in [2.24, 2.45) is 0 Å². The Labute approximate surface area is 240 Å². The standard InChI is InChI=1S/C16H16O.C9H11I.C7H7BO3/c1-12(2)14-7-9-16(10-8-14)15-5-3-13(11-17)4-6-15;1-7(2)8-3-5-9(10)6-4-8;9-5-6-1-3-7(4-2-6)8(10)11/h3-12H,1-2H3;3-7H,1-2H3;1-5,10-11H. The van der Waals surface area contributed by atoms with Crippen LogP contribution in [0.2, 0.25) is 0 Å². The van der Waals surface area contributed by atoms with Gasteiger partial charge >= 0.3 is 7.12 Å². The van der Waals surface area contributed by atoms with Gasteiger partial charge in [-0.2, -0.15) is 0 Å². The van der Waals surface area contributed by atoms with Crippen LogP contribution in [-0.4, -0.2) is 29.7 Å². The second kappa shape index (κ2) is 16.0. The van der Waals surface area contributed by atoms with Crippen molar-refractivity contribution in [1.82, 2.24) is 0 Å². The fourth-order valence-corrected chi connectivity index (χ4v) is 3.77. The highest BCUT2D eigenvalue weighted by molar-refractivity contribution is 14.1. The van der Waals surface area contributed by atoms with E-state index < -0.39 is 7.12 Å². The Hall–Kier alpha value is -3.07. The van der Waals surface area contributed by atoms with E-state index in [0.717, 1.165) is 11.8 Å². The Balaban J connectivity index is 0.000000211. The fourth-order valence-electron chi connectivity index (χ4n) is 3.41. The highest BCUT2D eigenvalue weighted by Gasteiger charge is 2.09. The maximum Gasteiger partial charge on any atom is 0.488 e. The van der Waals surface area contributed by atoms with Crippen molar-refractivity contribution in [3.8, 4) is 11.1 Å². The van der Waals surface area contributed by atoms with Gasteiger partial charge in [0, 0.05) is 14.7 Å². The molecule has 0 saturated heterocycles. The zero-order valence-electron chi connectivity index (χ0n) is 22.2. The number of aldehydes is 2. The summed E-state index contributed by atoms with van der Waals surface area (Å²) in [4.78, 5) is 20.7. The molecule has 0 aliphatic heterocycles. The predicted octanol–water partition coefficient (Wildman–Crippen LogP) is 6.88. The van der Waals surface area contributed by atoms with Crippen LogP contribution >= 0.6 is 22.6 Å². The maximum atomic E-state index is 10.6. The van der Waals surface area contributed by atoms with Crippen molar-refractivity contribution in [2.75, 3.05) is 0 Å². The molecule has 4 nitrogen and oxygen atoms in total. The third-order valence-corrected chi connectivity index (χ3v) is 6.58. The SMILES string of the molecule is CC(C)c1ccc(-c2ccc(C=O)cc2)cc1.CC(C)c1ccc(I)cc1.O=Cc1ccc(B(O)O)cc1. The molecule has 4 aromatic rings. The summed E-state index contributed by atoms with van der Waals surface area (Å²) in [6.07, 6.45) is 1.57. The molecule has 38 heavy (non-hydrogen) atoms. The van der Waals surface area contributed by atoms with E-state index in [4.69, 9.17) is 10.0 Å². The molecule has 0 spiro atoms. The normalized spacial score (nSPS) is 10.1. The Kier molecular flexibility index (Phi) is 13.1. The summed E-state index contributed by atoms with van der Waals surface area (Å²) in [6.45, 7) is 8.80. The van der Waals surface area contributed by atoms with Gasteiger partial charge in [0.25, 0.3) is 0 Å². The average molecular weight is 620 g/mol. The van der Waals surface area contributed by atoms with E-state index in [-0.39, 0.29) is 0 Å². The lowest BCUT2D eigenvalue weighted by molar-refractivity contribution is 0.111. The second-order valence-electron chi connectivity index (χ2n) is 9.38. The minimum absolute atomic E-state index is 0.385. The topological polar surface area (TPSA) is 74.6 Å². The summed E-state index contributed by atoms with van der Waals surface area (Å²) < 4.78 is 1.31. The third kappa shape index (κ3) is 10.4. The number of hydrogen-bond acceptors (Lipinski definition) is 4. The highest BCUT2D eigenvalue weighted by Crippen LogP contribution is 2.22. The van der Waals surface area contributed by atoms with Gasteiger partial charge in [0.1, 0.15) is 12.6 Å². The van der Waals surface area contributed by atoms with Crippen LogP contribution in [0.3, 0.4) is 0 Å². The Bertz CT molecular complexity index is 1250. The molecule has 2 N–H and O–H groups in total. The van der Waals surface area contributed by atoms with E-state index in [1.807, 2.05) is 24.3 Å². The Morgan fingerprint density at radius 1 is 0.579 bits per heavy atom. The molecule has 0 aromatic heterocycles. The molecular weight excluding hydrogens is 586 g/mol.